The fourth-order valence-corrected chi connectivity index (χ4v) is 5.21. The average Bonchev–Trinajstić information content (AvgIpc) is 3.30. The number of ether oxygens (including phenoxy) is 2. The lowest BCUT2D eigenvalue weighted by atomic mass is 9.73. The Labute approximate surface area is 183 Å². The van der Waals surface area contributed by atoms with E-state index in [1.807, 2.05) is 36.4 Å². The number of benzene rings is 2. The van der Waals surface area contributed by atoms with Crippen LogP contribution < -0.4 is 10.1 Å². The second kappa shape index (κ2) is 8.99. The molecule has 2 aromatic rings. The Kier molecular flexibility index (Phi) is 6.35. The highest BCUT2D eigenvalue weighted by Crippen LogP contribution is 2.42. The van der Waals surface area contributed by atoms with Crippen molar-refractivity contribution in [2.45, 2.75) is 49.4 Å². The second-order valence-electron chi connectivity index (χ2n) is 8.60. The molecule has 0 bridgehead atoms. The minimum Gasteiger partial charge on any atom is -0.497 e. The highest BCUT2D eigenvalue weighted by atomic mass is 35.5. The number of hydrogen-bond donors (Lipinski definition) is 1. The third kappa shape index (κ3) is 4.08. The fraction of sp³-hybridized carbons (Fsp3) is 0.480. The van der Waals surface area contributed by atoms with Crippen molar-refractivity contribution in [1.29, 1.82) is 0 Å². The first-order valence-electron chi connectivity index (χ1n) is 10.8. The minimum atomic E-state index is -0.448. The Hall–Kier alpha value is -2.04. The van der Waals surface area contributed by atoms with Crippen LogP contribution in [0.1, 0.15) is 49.7 Å². The van der Waals surface area contributed by atoms with Crippen LogP contribution in [0.4, 0.5) is 0 Å². The number of methoxy groups -OCH3 is 1. The van der Waals surface area contributed by atoms with Gasteiger partial charge in [0.1, 0.15) is 5.75 Å². The molecule has 0 atom stereocenters. The predicted octanol–water partition coefficient (Wildman–Crippen LogP) is 5.03. The number of carbonyl (C=O) groups is 1. The van der Waals surface area contributed by atoms with Crippen LogP contribution in [-0.2, 0) is 20.4 Å². The highest BCUT2D eigenvalue weighted by molar-refractivity contribution is 6.30. The molecule has 1 amide bonds. The molecular weight excluding hydrogens is 398 g/mol. The van der Waals surface area contributed by atoms with Crippen molar-refractivity contribution in [3.8, 4) is 5.75 Å². The van der Waals surface area contributed by atoms with E-state index in [1.54, 1.807) is 7.11 Å². The Bertz CT molecular complexity index is 851. The smallest absolute Gasteiger partial charge is 0.230 e. The maximum absolute atomic E-state index is 13.6. The van der Waals surface area contributed by atoms with Crippen LogP contribution >= 0.6 is 11.6 Å². The first kappa shape index (κ1) is 21.2. The standard InChI is InChI=1S/C25H30ClNO3/c1-29-22-10-6-19(7-11-22)24(14-16-30-17-15-24)18-27-23(28)25(12-2-3-13-25)20-4-8-21(26)9-5-20/h4-11H,2-3,12-18H2,1H3,(H,27,28). The molecule has 0 aromatic heterocycles. The van der Waals surface area contributed by atoms with Crippen molar-refractivity contribution in [1.82, 2.24) is 5.32 Å². The van der Waals surface area contributed by atoms with Gasteiger partial charge in [-0.25, -0.2) is 0 Å². The molecule has 2 fully saturated rings. The fourth-order valence-electron chi connectivity index (χ4n) is 5.09. The lowest BCUT2D eigenvalue weighted by Gasteiger charge is -2.39. The van der Waals surface area contributed by atoms with Crippen molar-refractivity contribution in [3.05, 3.63) is 64.7 Å². The third-order valence-corrected chi connectivity index (χ3v) is 7.28. The summed E-state index contributed by atoms with van der Waals surface area (Å²) in [6, 6.07) is 16.1. The summed E-state index contributed by atoms with van der Waals surface area (Å²) in [6.45, 7) is 2.05. The average molecular weight is 428 g/mol. The largest absolute Gasteiger partial charge is 0.497 e. The van der Waals surface area contributed by atoms with E-state index in [1.165, 1.54) is 5.56 Å². The molecule has 2 aromatic carbocycles. The van der Waals surface area contributed by atoms with E-state index in [2.05, 4.69) is 17.4 Å². The number of amides is 1. The number of carbonyl (C=O) groups excluding carboxylic acids is 1. The number of halogens is 1. The van der Waals surface area contributed by atoms with Crippen LogP contribution in [0.25, 0.3) is 0 Å². The Morgan fingerprint density at radius 3 is 2.17 bits per heavy atom. The maximum atomic E-state index is 13.6. The lowest BCUT2D eigenvalue weighted by Crippen LogP contribution is -2.49. The van der Waals surface area contributed by atoms with E-state index >= 15 is 0 Å². The number of hydrogen-bond acceptors (Lipinski definition) is 3. The maximum Gasteiger partial charge on any atom is 0.230 e. The van der Waals surface area contributed by atoms with Gasteiger partial charge in [-0.05, 0) is 61.1 Å². The minimum absolute atomic E-state index is 0.111. The van der Waals surface area contributed by atoms with Gasteiger partial charge >= 0.3 is 0 Å². The molecule has 1 heterocycles. The summed E-state index contributed by atoms with van der Waals surface area (Å²) >= 11 is 6.09. The summed E-state index contributed by atoms with van der Waals surface area (Å²) in [5.41, 5.74) is 1.75. The molecule has 1 aliphatic heterocycles. The zero-order valence-corrected chi connectivity index (χ0v) is 18.3. The van der Waals surface area contributed by atoms with Gasteiger partial charge in [0.05, 0.1) is 12.5 Å². The van der Waals surface area contributed by atoms with Crippen molar-refractivity contribution in [2.24, 2.45) is 0 Å². The van der Waals surface area contributed by atoms with Gasteiger partial charge in [0.15, 0.2) is 0 Å². The molecule has 1 aliphatic carbocycles. The van der Waals surface area contributed by atoms with Gasteiger partial charge < -0.3 is 14.8 Å². The first-order chi connectivity index (χ1) is 14.6. The van der Waals surface area contributed by atoms with Gasteiger partial charge in [0.2, 0.25) is 5.91 Å². The molecule has 5 heteroatoms. The van der Waals surface area contributed by atoms with E-state index in [0.29, 0.717) is 24.8 Å². The molecular formula is C25H30ClNO3. The Balaban J connectivity index is 1.56. The monoisotopic (exact) mass is 427 g/mol. The van der Waals surface area contributed by atoms with E-state index in [9.17, 15) is 4.79 Å². The molecule has 1 saturated carbocycles. The molecule has 30 heavy (non-hydrogen) atoms. The van der Waals surface area contributed by atoms with E-state index in [4.69, 9.17) is 21.1 Å². The normalized spacial score (nSPS) is 19.9. The van der Waals surface area contributed by atoms with E-state index in [-0.39, 0.29) is 11.3 Å². The SMILES string of the molecule is COc1ccc(C2(CNC(=O)C3(c4ccc(Cl)cc4)CCCC3)CCOCC2)cc1. The van der Waals surface area contributed by atoms with Crippen LogP contribution in [0.3, 0.4) is 0 Å². The van der Waals surface area contributed by atoms with E-state index in [0.717, 1.165) is 49.8 Å². The quantitative estimate of drug-likeness (QED) is 0.703. The first-order valence-corrected chi connectivity index (χ1v) is 11.2. The van der Waals surface area contributed by atoms with Crippen LogP contribution in [0, 0.1) is 0 Å². The van der Waals surface area contributed by atoms with Gasteiger partial charge in [0.25, 0.3) is 0 Å². The van der Waals surface area contributed by atoms with Crippen LogP contribution in [-0.4, -0.2) is 32.8 Å². The van der Waals surface area contributed by atoms with Crippen molar-refractivity contribution < 1.29 is 14.3 Å². The van der Waals surface area contributed by atoms with Crippen molar-refractivity contribution in [3.63, 3.8) is 0 Å². The molecule has 160 valence electrons. The molecule has 4 nitrogen and oxygen atoms in total. The van der Waals surface area contributed by atoms with Crippen LogP contribution in [0.15, 0.2) is 48.5 Å². The Morgan fingerprint density at radius 1 is 0.967 bits per heavy atom. The van der Waals surface area contributed by atoms with Gasteiger partial charge in [-0.15, -0.1) is 0 Å². The number of rotatable bonds is 6. The van der Waals surface area contributed by atoms with Crippen LogP contribution in [0.2, 0.25) is 5.02 Å². The summed E-state index contributed by atoms with van der Waals surface area (Å²) in [4.78, 5) is 13.6. The van der Waals surface area contributed by atoms with Gasteiger partial charge in [-0.3, -0.25) is 4.79 Å². The zero-order valence-electron chi connectivity index (χ0n) is 17.6. The Morgan fingerprint density at radius 2 is 1.57 bits per heavy atom. The van der Waals surface area contributed by atoms with E-state index < -0.39 is 5.41 Å². The summed E-state index contributed by atoms with van der Waals surface area (Å²) in [5.74, 6) is 0.986. The van der Waals surface area contributed by atoms with Crippen LogP contribution in [0.5, 0.6) is 5.75 Å². The topological polar surface area (TPSA) is 47.6 Å². The molecule has 0 spiro atoms. The lowest BCUT2D eigenvalue weighted by molar-refractivity contribution is -0.127. The van der Waals surface area contributed by atoms with Gasteiger partial charge in [-0.2, -0.15) is 0 Å². The summed E-state index contributed by atoms with van der Waals surface area (Å²) in [7, 11) is 1.68. The summed E-state index contributed by atoms with van der Waals surface area (Å²) in [5, 5.41) is 4.06. The van der Waals surface area contributed by atoms with Crippen molar-refractivity contribution >= 4 is 17.5 Å². The molecule has 1 saturated heterocycles. The highest BCUT2D eigenvalue weighted by Gasteiger charge is 2.44. The zero-order chi connectivity index (χ0) is 21.0. The molecule has 1 N–H and O–H groups in total. The molecule has 0 unspecified atom stereocenters. The number of nitrogens with one attached hydrogen (secondary N) is 1. The van der Waals surface area contributed by atoms with Gasteiger partial charge in [-0.1, -0.05) is 48.7 Å². The predicted molar refractivity (Wildman–Crippen MR) is 119 cm³/mol. The second-order valence-corrected chi connectivity index (χ2v) is 9.04. The molecule has 4 rings (SSSR count). The molecule has 2 aliphatic rings. The summed E-state index contributed by atoms with van der Waals surface area (Å²) < 4.78 is 11.0. The van der Waals surface area contributed by atoms with Crippen molar-refractivity contribution in [2.75, 3.05) is 26.9 Å². The third-order valence-electron chi connectivity index (χ3n) is 7.03. The van der Waals surface area contributed by atoms with Gasteiger partial charge in [0, 0.05) is 30.2 Å². The molecule has 0 radical (unpaired) electrons. The summed E-state index contributed by atoms with van der Waals surface area (Å²) in [6.07, 6.45) is 5.72.